The number of carbonyl (C=O) groups excluding carboxylic acids is 1. The molecule has 0 aliphatic rings. The minimum Gasteiger partial charge on any atom is -0.350 e. The van der Waals surface area contributed by atoms with Gasteiger partial charge in [-0.1, -0.05) is 12.1 Å². The Morgan fingerprint density at radius 3 is 2.67 bits per heavy atom. The number of carbonyl (C=O) groups is 1. The number of aromatic amines is 1. The van der Waals surface area contributed by atoms with Crippen LogP contribution in [-0.2, 0) is 27.6 Å². The topological polar surface area (TPSA) is 105 Å². The first-order valence-electron chi connectivity index (χ1n) is 7.27. The van der Waals surface area contributed by atoms with Gasteiger partial charge in [0.1, 0.15) is 0 Å². The fourth-order valence-corrected chi connectivity index (χ4v) is 2.96. The zero-order valence-electron chi connectivity index (χ0n) is 13.0. The van der Waals surface area contributed by atoms with Gasteiger partial charge in [-0.05, 0) is 29.8 Å². The maximum absolute atomic E-state index is 12.0. The molecule has 24 heavy (non-hydrogen) atoms. The highest BCUT2D eigenvalue weighted by molar-refractivity contribution is 7.90. The first-order valence-corrected chi connectivity index (χ1v) is 9.16. The van der Waals surface area contributed by atoms with Gasteiger partial charge in [0.25, 0.3) is 0 Å². The Morgan fingerprint density at radius 2 is 1.96 bits per heavy atom. The molecule has 0 aliphatic carbocycles. The molecule has 7 nitrogen and oxygen atoms in total. The fourth-order valence-electron chi connectivity index (χ4n) is 2.33. The van der Waals surface area contributed by atoms with Gasteiger partial charge in [-0.3, -0.25) is 9.89 Å². The smallest absolute Gasteiger partial charge is 0.224 e. The van der Waals surface area contributed by atoms with Crippen LogP contribution in [0.5, 0.6) is 0 Å². The van der Waals surface area contributed by atoms with Crippen LogP contribution in [0.25, 0.3) is 11.0 Å². The molecule has 0 saturated carbocycles. The fraction of sp³-hybridized carbons (Fsp3) is 0.188. The highest BCUT2D eigenvalue weighted by atomic mass is 32.2. The average Bonchev–Trinajstić information content (AvgIpc) is 2.96. The number of hydrogen-bond donors (Lipinski definition) is 2. The molecule has 2 N–H and O–H groups in total. The van der Waals surface area contributed by atoms with E-state index in [1.165, 1.54) is 12.1 Å². The molecule has 0 radical (unpaired) electrons. The predicted octanol–water partition coefficient (Wildman–Crippen LogP) is 1.22. The molecule has 0 bridgehead atoms. The second-order valence-corrected chi connectivity index (χ2v) is 7.46. The molecule has 0 saturated heterocycles. The zero-order valence-corrected chi connectivity index (χ0v) is 13.8. The first-order chi connectivity index (χ1) is 11.4. The number of nitrogens with zero attached hydrogens (tertiary/aromatic N) is 2. The van der Waals surface area contributed by atoms with E-state index in [0.717, 1.165) is 22.9 Å². The number of fused-ring (bicyclic) bond motifs is 1. The lowest BCUT2D eigenvalue weighted by Crippen LogP contribution is -2.24. The van der Waals surface area contributed by atoms with Crippen LogP contribution in [0.4, 0.5) is 0 Å². The van der Waals surface area contributed by atoms with E-state index >= 15 is 0 Å². The third-order valence-electron chi connectivity index (χ3n) is 3.59. The predicted molar refractivity (Wildman–Crippen MR) is 89.0 cm³/mol. The van der Waals surface area contributed by atoms with Crippen LogP contribution in [-0.4, -0.2) is 35.8 Å². The van der Waals surface area contributed by atoms with E-state index < -0.39 is 9.84 Å². The molecule has 0 atom stereocenters. The molecule has 8 heteroatoms. The number of aromatic nitrogens is 3. The van der Waals surface area contributed by atoms with Gasteiger partial charge < -0.3 is 5.32 Å². The van der Waals surface area contributed by atoms with Crippen LogP contribution >= 0.6 is 0 Å². The molecule has 2 heterocycles. The lowest BCUT2D eigenvalue weighted by molar-refractivity contribution is -0.120. The Labute approximate surface area is 139 Å². The van der Waals surface area contributed by atoms with Crippen molar-refractivity contribution in [3.05, 3.63) is 53.9 Å². The number of sulfone groups is 1. The number of rotatable bonds is 5. The standard InChI is InChI=1S/C16H16N4O3S/c1-24(22,23)12-6-4-11(5-7-12)9-15(21)18-10-14-13-3-2-8-17-16(13)20-19-14/h2-8H,9-10H2,1H3,(H,18,21)(H,17,19,20). The van der Waals surface area contributed by atoms with Gasteiger partial charge in [-0.25, -0.2) is 13.4 Å². The van der Waals surface area contributed by atoms with Crippen molar-refractivity contribution in [1.82, 2.24) is 20.5 Å². The summed E-state index contributed by atoms with van der Waals surface area (Å²) in [7, 11) is -3.23. The number of pyridine rings is 1. The lowest BCUT2D eigenvalue weighted by Gasteiger charge is -2.05. The van der Waals surface area contributed by atoms with Gasteiger partial charge in [0.15, 0.2) is 15.5 Å². The summed E-state index contributed by atoms with van der Waals surface area (Å²) >= 11 is 0. The maximum atomic E-state index is 12.0. The van der Waals surface area contributed by atoms with Crippen LogP contribution < -0.4 is 5.32 Å². The molecule has 0 fully saturated rings. The van der Waals surface area contributed by atoms with Gasteiger partial charge in [-0.15, -0.1) is 0 Å². The summed E-state index contributed by atoms with van der Waals surface area (Å²) < 4.78 is 22.8. The van der Waals surface area contributed by atoms with Crippen LogP contribution in [0.1, 0.15) is 11.3 Å². The number of nitrogens with one attached hydrogen (secondary N) is 2. The molecule has 0 aliphatic heterocycles. The van der Waals surface area contributed by atoms with E-state index in [0.29, 0.717) is 12.2 Å². The van der Waals surface area contributed by atoms with Gasteiger partial charge in [-0.2, -0.15) is 5.10 Å². The van der Waals surface area contributed by atoms with Crippen molar-refractivity contribution in [2.45, 2.75) is 17.9 Å². The Kier molecular flexibility index (Phi) is 4.30. The molecule has 0 spiro atoms. The summed E-state index contributed by atoms with van der Waals surface area (Å²) in [6, 6.07) is 10.00. The molecule has 124 valence electrons. The zero-order chi connectivity index (χ0) is 17.2. The van der Waals surface area contributed by atoms with E-state index in [9.17, 15) is 13.2 Å². The lowest BCUT2D eigenvalue weighted by atomic mass is 10.1. The summed E-state index contributed by atoms with van der Waals surface area (Å²) in [6.45, 7) is 0.322. The minimum absolute atomic E-state index is 0.159. The van der Waals surface area contributed by atoms with Crippen LogP contribution in [0, 0.1) is 0 Å². The molecule has 3 aromatic rings. The maximum Gasteiger partial charge on any atom is 0.224 e. The van der Waals surface area contributed by atoms with Gasteiger partial charge in [0, 0.05) is 17.8 Å². The van der Waals surface area contributed by atoms with Crippen LogP contribution in [0.2, 0.25) is 0 Å². The number of H-pyrrole nitrogens is 1. The quantitative estimate of drug-likeness (QED) is 0.724. The Bertz CT molecular complexity index is 978. The van der Waals surface area contributed by atoms with E-state index in [1.807, 2.05) is 12.1 Å². The molecule has 0 unspecified atom stereocenters. The summed E-state index contributed by atoms with van der Waals surface area (Å²) in [5, 5.41) is 10.6. The van der Waals surface area contributed by atoms with Crippen molar-refractivity contribution in [1.29, 1.82) is 0 Å². The number of benzene rings is 1. The van der Waals surface area contributed by atoms with Gasteiger partial charge >= 0.3 is 0 Å². The van der Waals surface area contributed by atoms with E-state index in [4.69, 9.17) is 0 Å². The molecular formula is C16H16N4O3S. The third-order valence-corrected chi connectivity index (χ3v) is 4.72. The van der Waals surface area contributed by atoms with Crippen molar-refractivity contribution in [2.75, 3.05) is 6.26 Å². The molecule has 3 rings (SSSR count). The van der Waals surface area contributed by atoms with Crippen LogP contribution in [0.3, 0.4) is 0 Å². The van der Waals surface area contributed by atoms with E-state index in [1.54, 1.807) is 18.3 Å². The molecule has 1 amide bonds. The Morgan fingerprint density at radius 1 is 1.21 bits per heavy atom. The monoisotopic (exact) mass is 344 g/mol. The minimum atomic E-state index is -3.23. The number of hydrogen-bond acceptors (Lipinski definition) is 5. The van der Waals surface area contributed by atoms with Gasteiger partial charge in [0.2, 0.25) is 5.91 Å². The SMILES string of the molecule is CS(=O)(=O)c1ccc(CC(=O)NCc2[nH]nc3ncccc23)cc1. The van der Waals surface area contributed by atoms with Crippen molar-refractivity contribution in [3.8, 4) is 0 Å². The van der Waals surface area contributed by atoms with Gasteiger partial charge in [0.05, 0.1) is 23.6 Å². The van der Waals surface area contributed by atoms with Crippen LogP contribution in [0.15, 0.2) is 47.5 Å². The third kappa shape index (κ3) is 3.60. The highest BCUT2D eigenvalue weighted by Gasteiger charge is 2.10. The summed E-state index contributed by atoms with van der Waals surface area (Å²) in [4.78, 5) is 16.4. The van der Waals surface area contributed by atoms with Crippen molar-refractivity contribution >= 4 is 26.8 Å². The highest BCUT2D eigenvalue weighted by Crippen LogP contribution is 2.13. The average molecular weight is 344 g/mol. The second-order valence-electron chi connectivity index (χ2n) is 5.45. The normalized spacial score (nSPS) is 11.5. The molecule has 1 aromatic carbocycles. The van der Waals surface area contributed by atoms with Crippen molar-refractivity contribution in [3.63, 3.8) is 0 Å². The van der Waals surface area contributed by atoms with Crippen molar-refractivity contribution < 1.29 is 13.2 Å². The summed E-state index contributed by atoms with van der Waals surface area (Å²) in [5.41, 5.74) is 2.15. The Balaban J connectivity index is 1.62. The molecule has 2 aromatic heterocycles. The van der Waals surface area contributed by atoms with Crippen molar-refractivity contribution in [2.24, 2.45) is 0 Å². The Hall–Kier alpha value is -2.74. The van der Waals surface area contributed by atoms with E-state index in [-0.39, 0.29) is 17.2 Å². The second kappa shape index (κ2) is 6.40. The summed E-state index contributed by atoms with van der Waals surface area (Å²) in [5.74, 6) is -0.159. The largest absolute Gasteiger partial charge is 0.350 e. The van der Waals surface area contributed by atoms with E-state index in [2.05, 4.69) is 20.5 Å². The molecular weight excluding hydrogens is 328 g/mol. The number of amides is 1. The first kappa shape index (κ1) is 16.1. The summed E-state index contributed by atoms with van der Waals surface area (Å²) in [6.07, 6.45) is 2.98.